The lowest BCUT2D eigenvalue weighted by Gasteiger charge is -2.15. The highest BCUT2D eigenvalue weighted by molar-refractivity contribution is 5.74. The van der Waals surface area contributed by atoms with Crippen molar-refractivity contribution in [2.45, 2.75) is 26.3 Å². The van der Waals surface area contributed by atoms with Gasteiger partial charge in [-0.05, 0) is 13.3 Å². The lowest BCUT2D eigenvalue weighted by molar-refractivity contribution is 0.759. The predicted molar refractivity (Wildman–Crippen MR) is 68.5 cm³/mol. The van der Waals surface area contributed by atoms with E-state index in [1.54, 1.807) is 6.08 Å². The normalized spacial score (nSPS) is 11.9. The molecule has 1 unspecified atom stereocenters. The minimum atomic E-state index is 0.337. The fourth-order valence-electron chi connectivity index (χ4n) is 1.16. The number of nitrogens with one attached hydrogen (secondary N) is 2. The van der Waals surface area contributed by atoms with E-state index in [1.165, 1.54) is 6.33 Å². The molecule has 16 heavy (non-hydrogen) atoms. The molecule has 0 saturated carbocycles. The fourth-order valence-corrected chi connectivity index (χ4v) is 1.16. The Hall–Kier alpha value is -1.78. The van der Waals surface area contributed by atoms with Gasteiger partial charge in [0.1, 0.15) is 12.0 Å². The molecular formula is C11H19N5. The van der Waals surface area contributed by atoms with Crippen molar-refractivity contribution in [2.24, 2.45) is 0 Å². The van der Waals surface area contributed by atoms with Gasteiger partial charge in [-0.1, -0.05) is 13.0 Å². The van der Waals surface area contributed by atoms with Gasteiger partial charge in [-0.2, -0.15) is 0 Å². The zero-order chi connectivity index (χ0) is 12.0. The maximum absolute atomic E-state index is 5.94. The van der Waals surface area contributed by atoms with Crippen molar-refractivity contribution in [1.29, 1.82) is 0 Å². The Labute approximate surface area is 96.2 Å². The summed E-state index contributed by atoms with van der Waals surface area (Å²) in [4.78, 5) is 8.20. The molecule has 0 spiro atoms. The van der Waals surface area contributed by atoms with Crippen molar-refractivity contribution in [3.05, 3.63) is 19.0 Å². The lowest BCUT2D eigenvalue weighted by Crippen LogP contribution is -2.17. The van der Waals surface area contributed by atoms with Crippen molar-refractivity contribution in [3.8, 4) is 0 Å². The van der Waals surface area contributed by atoms with Gasteiger partial charge in [0.05, 0.1) is 0 Å². The van der Waals surface area contributed by atoms with Crippen molar-refractivity contribution >= 4 is 17.3 Å². The molecular weight excluding hydrogens is 202 g/mol. The number of rotatable bonds is 6. The van der Waals surface area contributed by atoms with Crippen LogP contribution in [0.15, 0.2) is 19.0 Å². The Morgan fingerprint density at radius 3 is 2.81 bits per heavy atom. The van der Waals surface area contributed by atoms with E-state index in [-0.39, 0.29) is 0 Å². The van der Waals surface area contributed by atoms with Crippen LogP contribution in [0.4, 0.5) is 17.3 Å². The Morgan fingerprint density at radius 2 is 2.19 bits per heavy atom. The number of nitrogen functional groups attached to an aromatic ring is 1. The van der Waals surface area contributed by atoms with Gasteiger partial charge in [0, 0.05) is 12.6 Å². The lowest BCUT2D eigenvalue weighted by atomic mass is 10.2. The zero-order valence-corrected chi connectivity index (χ0v) is 9.83. The van der Waals surface area contributed by atoms with E-state index >= 15 is 0 Å². The van der Waals surface area contributed by atoms with Gasteiger partial charge in [-0.25, -0.2) is 9.97 Å². The number of nitrogens with two attached hydrogens (primary N) is 1. The van der Waals surface area contributed by atoms with Gasteiger partial charge in [-0.15, -0.1) is 6.58 Å². The summed E-state index contributed by atoms with van der Waals surface area (Å²) in [5, 5.41) is 6.29. The van der Waals surface area contributed by atoms with E-state index in [9.17, 15) is 0 Å². The van der Waals surface area contributed by atoms with Crippen LogP contribution < -0.4 is 16.4 Å². The zero-order valence-electron chi connectivity index (χ0n) is 9.83. The van der Waals surface area contributed by atoms with Crippen LogP contribution in [0, 0.1) is 0 Å². The Morgan fingerprint density at radius 1 is 1.50 bits per heavy atom. The largest absolute Gasteiger partial charge is 0.393 e. The van der Waals surface area contributed by atoms with E-state index in [0.29, 0.717) is 29.9 Å². The van der Waals surface area contributed by atoms with Crippen LogP contribution in [0.1, 0.15) is 20.3 Å². The Kier molecular flexibility index (Phi) is 4.57. The summed E-state index contributed by atoms with van der Waals surface area (Å²) in [6.07, 6.45) is 4.26. The third-order valence-electron chi connectivity index (χ3n) is 2.29. The molecule has 0 aliphatic carbocycles. The van der Waals surface area contributed by atoms with Crippen LogP contribution in [0.3, 0.4) is 0 Å². The van der Waals surface area contributed by atoms with E-state index in [0.717, 1.165) is 6.42 Å². The molecule has 1 heterocycles. The fraction of sp³-hybridized carbons (Fsp3) is 0.455. The summed E-state index contributed by atoms with van der Waals surface area (Å²) in [5.41, 5.74) is 6.49. The van der Waals surface area contributed by atoms with Crippen molar-refractivity contribution < 1.29 is 0 Å². The summed E-state index contributed by atoms with van der Waals surface area (Å²) in [7, 11) is 0. The molecule has 1 rings (SSSR count). The summed E-state index contributed by atoms with van der Waals surface area (Å²) in [6, 6.07) is 0.337. The average molecular weight is 221 g/mol. The molecule has 0 saturated heterocycles. The maximum atomic E-state index is 5.94. The highest BCUT2D eigenvalue weighted by atomic mass is 15.1. The molecule has 4 N–H and O–H groups in total. The van der Waals surface area contributed by atoms with Gasteiger partial charge >= 0.3 is 0 Å². The van der Waals surface area contributed by atoms with Crippen LogP contribution in [0.25, 0.3) is 0 Å². The van der Waals surface area contributed by atoms with Gasteiger partial charge in [0.15, 0.2) is 11.6 Å². The molecule has 0 aliphatic heterocycles. The topological polar surface area (TPSA) is 75.9 Å². The first kappa shape index (κ1) is 12.3. The summed E-state index contributed by atoms with van der Waals surface area (Å²) < 4.78 is 0. The molecule has 0 radical (unpaired) electrons. The number of hydrogen-bond acceptors (Lipinski definition) is 5. The molecule has 0 bridgehead atoms. The molecule has 0 amide bonds. The predicted octanol–water partition coefficient (Wildman–Crippen LogP) is 1.87. The Balaban J connectivity index is 2.81. The van der Waals surface area contributed by atoms with Crippen LogP contribution >= 0.6 is 0 Å². The monoisotopic (exact) mass is 221 g/mol. The second kappa shape index (κ2) is 5.95. The summed E-state index contributed by atoms with van der Waals surface area (Å²) >= 11 is 0. The first-order chi connectivity index (χ1) is 7.69. The number of hydrogen-bond donors (Lipinski definition) is 3. The van der Waals surface area contributed by atoms with Gasteiger partial charge < -0.3 is 16.4 Å². The van der Waals surface area contributed by atoms with Gasteiger partial charge in [0.25, 0.3) is 0 Å². The first-order valence-electron chi connectivity index (χ1n) is 5.40. The molecule has 0 fully saturated rings. The number of nitrogens with zero attached hydrogens (tertiary/aromatic N) is 2. The highest BCUT2D eigenvalue weighted by Gasteiger charge is 2.08. The quantitative estimate of drug-likeness (QED) is 0.639. The molecule has 0 aromatic carbocycles. The average Bonchev–Trinajstić information content (AvgIpc) is 2.30. The summed E-state index contributed by atoms with van der Waals surface area (Å²) in [6.45, 7) is 8.44. The minimum Gasteiger partial charge on any atom is -0.393 e. The Bertz CT molecular complexity index is 350. The molecule has 1 aromatic rings. The molecule has 5 heteroatoms. The highest BCUT2D eigenvalue weighted by Crippen LogP contribution is 2.22. The molecule has 1 aromatic heterocycles. The van der Waals surface area contributed by atoms with E-state index < -0.39 is 0 Å². The molecule has 5 nitrogen and oxygen atoms in total. The molecule has 88 valence electrons. The van der Waals surface area contributed by atoms with E-state index in [1.807, 2.05) is 0 Å². The minimum absolute atomic E-state index is 0.337. The van der Waals surface area contributed by atoms with Crippen LogP contribution in [-0.2, 0) is 0 Å². The smallest absolute Gasteiger partial charge is 0.155 e. The second-order valence-corrected chi connectivity index (χ2v) is 3.61. The van der Waals surface area contributed by atoms with E-state index in [2.05, 4.69) is 41.0 Å². The third kappa shape index (κ3) is 3.12. The second-order valence-electron chi connectivity index (χ2n) is 3.61. The van der Waals surface area contributed by atoms with Gasteiger partial charge in [-0.3, -0.25) is 0 Å². The number of aromatic nitrogens is 2. The standard InChI is InChI=1S/C11H19N5/c1-4-6-13-10-9(12)11(15-7-14-10)16-8(3)5-2/h4,7-8H,1,5-6,12H2,2-3H3,(H2,13,14,15,16). The van der Waals surface area contributed by atoms with Gasteiger partial charge in [0.2, 0.25) is 0 Å². The van der Waals surface area contributed by atoms with Crippen molar-refractivity contribution in [2.75, 3.05) is 22.9 Å². The van der Waals surface area contributed by atoms with E-state index in [4.69, 9.17) is 5.73 Å². The first-order valence-corrected chi connectivity index (χ1v) is 5.40. The van der Waals surface area contributed by atoms with Crippen molar-refractivity contribution in [1.82, 2.24) is 9.97 Å². The maximum Gasteiger partial charge on any atom is 0.155 e. The summed E-state index contributed by atoms with van der Waals surface area (Å²) in [5.74, 6) is 1.32. The van der Waals surface area contributed by atoms with Crippen LogP contribution in [0.2, 0.25) is 0 Å². The molecule has 1 atom stereocenters. The third-order valence-corrected chi connectivity index (χ3v) is 2.29. The van der Waals surface area contributed by atoms with Crippen LogP contribution in [-0.4, -0.2) is 22.6 Å². The van der Waals surface area contributed by atoms with Crippen molar-refractivity contribution in [3.63, 3.8) is 0 Å². The van der Waals surface area contributed by atoms with Crippen LogP contribution in [0.5, 0.6) is 0 Å². The SMILES string of the molecule is C=CCNc1ncnc(NC(C)CC)c1N. The number of anilines is 3. The molecule has 0 aliphatic rings.